The van der Waals surface area contributed by atoms with Crippen molar-refractivity contribution in [1.82, 2.24) is 4.98 Å². The molecule has 1 aromatic heterocycles. The van der Waals surface area contributed by atoms with Crippen molar-refractivity contribution in [2.24, 2.45) is 5.92 Å². The second kappa shape index (κ2) is 6.44. The maximum absolute atomic E-state index is 13.4. The van der Waals surface area contributed by atoms with Gasteiger partial charge in [-0.2, -0.15) is 0 Å². The van der Waals surface area contributed by atoms with Gasteiger partial charge in [0.2, 0.25) is 0 Å². The Kier molecular flexibility index (Phi) is 4.38. The van der Waals surface area contributed by atoms with Gasteiger partial charge in [-0.05, 0) is 37.3 Å². The summed E-state index contributed by atoms with van der Waals surface area (Å²) in [4.78, 5) is 17.6. The summed E-state index contributed by atoms with van der Waals surface area (Å²) in [5.74, 6) is -0.0674. The van der Waals surface area contributed by atoms with Crippen LogP contribution in [0.15, 0.2) is 24.3 Å². The van der Waals surface area contributed by atoms with E-state index in [-0.39, 0.29) is 18.3 Å². The van der Waals surface area contributed by atoms with Crippen molar-refractivity contribution in [3.63, 3.8) is 0 Å². The van der Waals surface area contributed by atoms with Gasteiger partial charge < -0.3 is 4.74 Å². The number of halogens is 1. The molecule has 2 aromatic rings. The first-order valence-corrected chi connectivity index (χ1v) is 8.09. The van der Waals surface area contributed by atoms with E-state index in [2.05, 4.69) is 17.2 Å². The fourth-order valence-corrected chi connectivity index (χ4v) is 3.64. The number of carbonyl (C=O) groups is 1. The molecule has 3 rings (SSSR count). The average Bonchev–Trinajstić information content (AvgIpc) is 2.87. The number of nitrogens with one attached hydrogen (secondary N) is 1. The lowest BCUT2D eigenvalue weighted by Crippen LogP contribution is -2.20. The SMILES string of the molecule is C[C@@H]1CCc2nc(NC(=O)COc3ccccc3F)sc2C1. The molecule has 0 fully saturated rings. The Bertz CT molecular complexity index is 687. The van der Waals surface area contributed by atoms with E-state index in [1.807, 2.05) is 0 Å². The zero-order chi connectivity index (χ0) is 15.5. The van der Waals surface area contributed by atoms with Gasteiger partial charge in [-0.3, -0.25) is 10.1 Å². The predicted molar refractivity (Wildman–Crippen MR) is 83.8 cm³/mol. The van der Waals surface area contributed by atoms with Gasteiger partial charge in [0.25, 0.3) is 5.91 Å². The minimum absolute atomic E-state index is 0.0740. The van der Waals surface area contributed by atoms with E-state index in [0.29, 0.717) is 11.0 Å². The maximum atomic E-state index is 13.4. The van der Waals surface area contributed by atoms with Gasteiger partial charge in [0.05, 0.1) is 5.69 Å². The molecule has 22 heavy (non-hydrogen) atoms. The van der Waals surface area contributed by atoms with Crippen LogP contribution in [0.4, 0.5) is 9.52 Å². The van der Waals surface area contributed by atoms with Gasteiger partial charge in [-0.1, -0.05) is 19.1 Å². The van der Waals surface area contributed by atoms with Crippen molar-refractivity contribution in [3.05, 3.63) is 40.7 Å². The molecule has 0 radical (unpaired) electrons. The van der Waals surface area contributed by atoms with Crippen LogP contribution in [-0.4, -0.2) is 17.5 Å². The number of thiazole rings is 1. The monoisotopic (exact) mass is 320 g/mol. The second-order valence-corrected chi connectivity index (χ2v) is 6.59. The summed E-state index contributed by atoms with van der Waals surface area (Å²) >= 11 is 1.52. The lowest BCUT2D eigenvalue weighted by atomic mass is 9.93. The number of ether oxygens (including phenoxy) is 1. The van der Waals surface area contributed by atoms with Gasteiger partial charge in [-0.25, -0.2) is 9.37 Å². The number of aromatic nitrogens is 1. The number of amides is 1. The number of anilines is 1. The summed E-state index contributed by atoms with van der Waals surface area (Å²) in [7, 11) is 0. The van der Waals surface area contributed by atoms with Gasteiger partial charge >= 0.3 is 0 Å². The zero-order valence-electron chi connectivity index (χ0n) is 12.3. The molecule has 0 saturated carbocycles. The van der Waals surface area contributed by atoms with E-state index in [1.165, 1.54) is 28.3 Å². The quantitative estimate of drug-likeness (QED) is 0.939. The van der Waals surface area contributed by atoms with E-state index in [9.17, 15) is 9.18 Å². The molecule has 1 aliphatic rings. The third-order valence-corrected chi connectivity index (χ3v) is 4.66. The first-order chi connectivity index (χ1) is 10.6. The molecule has 1 aromatic carbocycles. The van der Waals surface area contributed by atoms with Crippen LogP contribution in [0.1, 0.15) is 23.9 Å². The van der Waals surface area contributed by atoms with Crippen LogP contribution in [0.2, 0.25) is 0 Å². The minimum Gasteiger partial charge on any atom is -0.481 e. The smallest absolute Gasteiger partial charge is 0.264 e. The fraction of sp³-hybridized carbons (Fsp3) is 0.375. The van der Waals surface area contributed by atoms with Crippen LogP contribution in [-0.2, 0) is 17.6 Å². The summed E-state index contributed by atoms with van der Waals surface area (Å²) in [6.07, 6.45) is 3.13. The molecular weight excluding hydrogens is 303 g/mol. The molecule has 0 aliphatic heterocycles. The Morgan fingerprint density at radius 3 is 3.14 bits per heavy atom. The van der Waals surface area contributed by atoms with Gasteiger partial charge in [0.15, 0.2) is 23.3 Å². The Morgan fingerprint density at radius 2 is 2.32 bits per heavy atom. The number of benzene rings is 1. The molecule has 1 atom stereocenters. The first-order valence-electron chi connectivity index (χ1n) is 7.27. The Hall–Kier alpha value is -1.95. The van der Waals surface area contributed by atoms with E-state index in [1.54, 1.807) is 12.1 Å². The van der Waals surface area contributed by atoms with Crippen LogP contribution < -0.4 is 10.1 Å². The van der Waals surface area contributed by atoms with Gasteiger partial charge in [0.1, 0.15) is 0 Å². The molecule has 0 saturated heterocycles. The molecule has 0 unspecified atom stereocenters. The Balaban J connectivity index is 1.57. The maximum Gasteiger partial charge on any atom is 0.264 e. The van der Waals surface area contributed by atoms with Crippen molar-refractivity contribution in [2.45, 2.75) is 26.2 Å². The van der Waals surface area contributed by atoms with E-state index in [0.717, 1.165) is 25.0 Å². The van der Waals surface area contributed by atoms with Crippen molar-refractivity contribution >= 4 is 22.4 Å². The molecule has 0 spiro atoms. The highest BCUT2D eigenvalue weighted by atomic mass is 32.1. The lowest BCUT2D eigenvalue weighted by Gasteiger charge is -2.15. The molecule has 1 N–H and O–H groups in total. The highest BCUT2D eigenvalue weighted by Gasteiger charge is 2.20. The highest BCUT2D eigenvalue weighted by Crippen LogP contribution is 2.32. The van der Waals surface area contributed by atoms with Crippen molar-refractivity contribution in [1.29, 1.82) is 0 Å². The number of para-hydroxylation sites is 1. The van der Waals surface area contributed by atoms with Crippen molar-refractivity contribution < 1.29 is 13.9 Å². The topological polar surface area (TPSA) is 51.2 Å². The van der Waals surface area contributed by atoms with Crippen LogP contribution in [0.25, 0.3) is 0 Å². The predicted octanol–water partition coefficient (Wildman–Crippen LogP) is 3.42. The number of carbonyl (C=O) groups excluding carboxylic acids is 1. The third-order valence-electron chi connectivity index (χ3n) is 3.63. The molecule has 1 heterocycles. The number of hydrogen-bond donors (Lipinski definition) is 1. The molecule has 4 nitrogen and oxygen atoms in total. The summed E-state index contributed by atoms with van der Waals surface area (Å²) in [5.41, 5.74) is 1.09. The van der Waals surface area contributed by atoms with Gasteiger partial charge in [0, 0.05) is 4.88 Å². The average molecular weight is 320 g/mol. The zero-order valence-corrected chi connectivity index (χ0v) is 13.1. The molecule has 6 heteroatoms. The number of nitrogens with zero attached hydrogens (tertiary/aromatic N) is 1. The van der Waals surface area contributed by atoms with Crippen LogP contribution >= 0.6 is 11.3 Å². The Labute approximate surface area is 132 Å². The molecule has 116 valence electrons. The third kappa shape index (κ3) is 3.44. The molecule has 1 aliphatic carbocycles. The summed E-state index contributed by atoms with van der Waals surface area (Å²) in [5, 5.41) is 3.32. The Morgan fingerprint density at radius 1 is 1.50 bits per heavy atom. The van der Waals surface area contributed by atoms with E-state index < -0.39 is 5.82 Å². The first kappa shape index (κ1) is 15.0. The lowest BCUT2D eigenvalue weighted by molar-refractivity contribution is -0.118. The second-order valence-electron chi connectivity index (χ2n) is 5.50. The van der Waals surface area contributed by atoms with Crippen LogP contribution in [0.3, 0.4) is 0 Å². The van der Waals surface area contributed by atoms with Gasteiger partial charge in [-0.15, -0.1) is 11.3 Å². The summed E-state index contributed by atoms with van der Waals surface area (Å²) < 4.78 is 18.6. The summed E-state index contributed by atoms with van der Waals surface area (Å²) in [6.45, 7) is 1.99. The summed E-state index contributed by atoms with van der Waals surface area (Å²) in [6, 6.07) is 6.02. The molecule has 1 amide bonds. The fourth-order valence-electron chi connectivity index (χ4n) is 2.45. The highest BCUT2D eigenvalue weighted by molar-refractivity contribution is 7.15. The standard InChI is InChI=1S/C16H17FN2O2S/c1-10-6-7-12-14(8-10)22-16(18-12)19-15(20)9-21-13-5-3-2-4-11(13)17/h2-5,10H,6-9H2,1H3,(H,18,19,20)/t10-/m1/s1. The number of aryl methyl sites for hydroxylation is 1. The molecular formula is C16H17FN2O2S. The number of hydrogen-bond acceptors (Lipinski definition) is 4. The van der Waals surface area contributed by atoms with Crippen molar-refractivity contribution in [2.75, 3.05) is 11.9 Å². The van der Waals surface area contributed by atoms with E-state index in [4.69, 9.17) is 4.74 Å². The molecule has 0 bridgehead atoms. The minimum atomic E-state index is -0.478. The number of rotatable bonds is 4. The van der Waals surface area contributed by atoms with Crippen LogP contribution in [0.5, 0.6) is 5.75 Å². The normalized spacial score (nSPS) is 16.9. The van der Waals surface area contributed by atoms with Crippen molar-refractivity contribution in [3.8, 4) is 5.75 Å². The largest absolute Gasteiger partial charge is 0.481 e. The van der Waals surface area contributed by atoms with E-state index >= 15 is 0 Å². The number of fused-ring (bicyclic) bond motifs is 1. The van der Waals surface area contributed by atoms with Crippen LogP contribution in [0, 0.1) is 11.7 Å².